The highest BCUT2D eigenvalue weighted by Gasteiger charge is 2.26. The molecule has 112 valence electrons. The molecule has 2 N–H and O–H groups in total. The molecular formula is C14H22N2O4. The lowest BCUT2D eigenvalue weighted by atomic mass is 10.1. The van der Waals surface area contributed by atoms with Crippen LogP contribution < -0.4 is 10.1 Å². The van der Waals surface area contributed by atoms with Crippen LogP contribution in [0, 0.1) is 17.0 Å². The highest BCUT2D eigenvalue weighted by Crippen LogP contribution is 2.31. The molecule has 6 nitrogen and oxygen atoms in total. The second kappa shape index (κ2) is 6.19. The maximum Gasteiger partial charge on any atom is 0.313 e. The van der Waals surface area contributed by atoms with E-state index in [9.17, 15) is 15.2 Å². The van der Waals surface area contributed by atoms with Crippen LogP contribution in [0.25, 0.3) is 0 Å². The summed E-state index contributed by atoms with van der Waals surface area (Å²) in [6.07, 6.45) is -1.54. The Bertz CT molecular complexity index is 481. The summed E-state index contributed by atoms with van der Waals surface area (Å²) in [6.45, 7) is 9.01. The topological polar surface area (TPSA) is 84.6 Å². The fourth-order valence-corrected chi connectivity index (χ4v) is 1.77. The van der Waals surface area contributed by atoms with Crippen LogP contribution in [0.15, 0.2) is 18.2 Å². The van der Waals surface area contributed by atoms with Gasteiger partial charge in [-0.3, -0.25) is 15.4 Å². The molecule has 0 aliphatic carbocycles. The Hall–Kier alpha value is -1.66. The highest BCUT2D eigenvalue weighted by molar-refractivity contribution is 5.52. The van der Waals surface area contributed by atoms with Gasteiger partial charge in [-0.05, 0) is 40.7 Å². The first kappa shape index (κ1) is 16.4. The number of aryl methyl sites for hydroxylation is 1. The van der Waals surface area contributed by atoms with Gasteiger partial charge in [0.2, 0.25) is 0 Å². The largest absolute Gasteiger partial charge is 0.465 e. The first-order chi connectivity index (χ1) is 9.11. The quantitative estimate of drug-likeness (QED) is 0.492. The van der Waals surface area contributed by atoms with Gasteiger partial charge in [0.1, 0.15) is 6.10 Å². The molecule has 0 radical (unpaired) electrons. The van der Waals surface area contributed by atoms with Crippen LogP contribution in [0.2, 0.25) is 0 Å². The molecule has 1 aromatic rings. The predicted octanol–water partition coefficient (Wildman–Crippen LogP) is 2.38. The van der Waals surface area contributed by atoms with Gasteiger partial charge in [-0.1, -0.05) is 12.1 Å². The van der Waals surface area contributed by atoms with Gasteiger partial charge in [0.05, 0.1) is 4.92 Å². The highest BCUT2D eigenvalue weighted by atomic mass is 16.6. The van der Waals surface area contributed by atoms with Gasteiger partial charge < -0.3 is 9.84 Å². The SMILES string of the molecule is Cc1cccc(OC(NC(C)(C)C)C(C)O)c1[N+](=O)[O-]. The molecule has 0 fully saturated rings. The van der Waals surface area contributed by atoms with Crippen LogP contribution in [0.4, 0.5) is 5.69 Å². The molecule has 20 heavy (non-hydrogen) atoms. The second-order valence-electron chi connectivity index (χ2n) is 5.85. The summed E-state index contributed by atoms with van der Waals surface area (Å²) >= 11 is 0. The van der Waals surface area contributed by atoms with Gasteiger partial charge in [0.15, 0.2) is 12.0 Å². The van der Waals surface area contributed by atoms with Crippen molar-refractivity contribution in [2.24, 2.45) is 0 Å². The van der Waals surface area contributed by atoms with Crippen molar-refractivity contribution >= 4 is 5.69 Å². The molecule has 0 amide bonds. The zero-order chi connectivity index (χ0) is 15.5. The molecule has 0 aromatic heterocycles. The summed E-state index contributed by atoms with van der Waals surface area (Å²) < 4.78 is 5.62. The summed E-state index contributed by atoms with van der Waals surface area (Å²) in [5, 5.41) is 24.0. The zero-order valence-corrected chi connectivity index (χ0v) is 12.5. The maximum atomic E-state index is 11.1. The Labute approximate surface area is 118 Å². The summed E-state index contributed by atoms with van der Waals surface area (Å²) in [6, 6.07) is 4.87. The van der Waals surface area contributed by atoms with E-state index in [-0.39, 0.29) is 17.0 Å². The number of nitro benzene ring substituents is 1. The molecule has 6 heteroatoms. The van der Waals surface area contributed by atoms with E-state index < -0.39 is 17.3 Å². The Morgan fingerprint density at radius 2 is 2.00 bits per heavy atom. The van der Waals surface area contributed by atoms with Crippen LogP contribution in [-0.4, -0.2) is 27.9 Å². The summed E-state index contributed by atoms with van der Waals surface area (Å²) in [7, 11) is 0. The van der Waals surface area contributed by atoms with E-state index in [2.05, 4.69) is 5.32 Å². The maximum absolute atomic E-state index is 11.1. The Morgan fingerprint density at radius 3 is 2.45 bits per heavy atom. The lowest BCUT2D eigenvalue weighted by Crippen LogP contribution is -2.51. The molecule has 2 atom stereocenters. The first-order valence-electron chi connectivity index (χ1n) is 6.48. The second-order valence-corrected chi connectivity index (χ2v) is 5.85. The number of nitro groups is 1. The predicted molar refractivity (Wildman–Crippen MR) is 76.8 cm³/mol. The van der Waals surface area contributed by atoms with Gasteiger partial charge >= 0.3 is 5.69 Å². The molecule has 0 spiro atoms. The van der Waals surface area contributed by atoms with E-state index in [0.717, 1.165) is 0 Å². The van der Waals surface area contributed by atoms with Crippen LogP contribution in [-0.2, 0) is 0 Å². The molecule has 0 saturated carbocycles. The monoisotopic (exact) mass is 282 g/mol. The van der Waals surface area contributed by atoms with Gasteiger partial charge in [-0.25, -0.2) is 0 Å². The van der Waals surface area contributed by atoms with Crippen molar-refractivity contribution in [1.29, 1.82) is 0 Å². The van der Waals surface area contributed by atoms with Crippen LogP contribution in [0.1, 0.15) is 33.3 Å². The molecule has 0 aliphatic rings. The number of benzene rings is 1. The Balaban J connectivity index is 3.06. The van der Waals surface area contributed by atoms with Crippen molar-refractivity contribution < 1.29 is 14.8 Å². The van der Waals surface area contributed by atoms with E-state index in [1.807, 2.05) is 20.8 Å². The standard InChI is InChI=1S/C14H22N2O4/c1-9-7-6-8-11(12(9)16(18)19)20-13(10(2)17)15-14(3,4)5/h6-8,10,13,15,17H,1-5H3. The van der Waals surface area contributed by atoms with E-state index >= 15 is 0 Å². The average molecular weight is 282 g/mol. The smallest absolute Gasteiger partial charge is 0.313 e. The number of para-hydroxylation sites is 1. The van der Waals surface area contributed by atoms with Crippen LogP contribution in [0.3, 0.4) is 0 Å². The van der Waals surface area contributed by atoms with Gasteiger partial charge in [-0.15, -0.1) is 0 Å². The minimum Gasteiger partial charge on any atom is -0.465 e. The van der Waals surface area contributed by atoms with Gasteiger partial charge in [0.25, 0.3) is 0 Å². The Kier molecular flexibility index (Phi) is 5.08. The normalized spacial score (nSPS) is 14.7. The number of rotatable bonds is 5. The fourth-order valence-electron chi connectivity index (χ4n) is 1.77. The zero-order valence-electron chi connectivity index (χ0n) is 12.5. The third-order valence-corrected chi connectivity index (χ3v) is 2.65. The van der Waals surface area contributed by atoms with Crippen LogP contribution >= 0.6 is 0 Å². The number of nitrogens with one attached hydrogen (secondary N) is 1. The number of ether oxygens (including phenoxy) is 1. The van der Waals surface area contributed by atoms with Gasteiger partial charge in [-0.2, -0.15) is 0 Å². The molecule has 1 rings (SSSR count). The average Bonchev–Trinajstić information content (AvgIpc) is 2.25. The van der Waals surface area contributed by atoms with E-state index in [1.165, 1.54) is 6.07 Å². The van der Waals surface area contributed by atoms with Crippen molar-refractivity contribution in [3.63, 3.8) is 0 Å². The molecule has 0 heterocycles. The first-order valence-corrected chi connectivity index (χ1v) is 6.48. The lowest BCUT2D eigenvalue weighted by Gasteiger charge is -2.30. The number of nitrogens with zero attached hydrogens (tertiary/aromatic N) is 1. The third kappa shape index (κ3) is 4.47. The molecule has 0 saturated heterocycles. The van der Waals surface area contributed by atoms with E-state index in [0.29, 0.717) is 5.56 Å². The lowest BCUT2D eigenvalue weighted by molar-refractivity contribution is -0.386. The van der Waals surface area contributed by atoms with Crippen molar-refractivity contribution in [3.8, 4) is 5.75 Å². The summed E-state index contributed by atoms with van der Waals surface area (Å²) in [4.78, 5) is 10.7. The van der Waals surface area contributed by atoms with Crippen molar-refractivity contribution in [2.45, 2.75) is 52.5 Å². The summed E-state index contributed by atoms with van der Waals surface area (Å²) in [5.41, 5.74) is 0.154. The van der Waals surface area contributed by atoms with Crippen molar-refractivity contribution in [3.05, 3.63) is 33.9 Å². The minimum absolute atomic E-state index is 0.0751. The number of aliphatic hydroxyl groups is 1. The third-order valence-electron chi connectivity index (χ3n) is 2.65. The molecule has 1 aromatic carbocycles. The molecule has 0 bridgehead atoms. The summed E-state index contributed by atoms with van der Waals surface area (Å²) in [5.74, 6) is 0.151. The molecule has 0 aliphatic heterocycles. The molecule has 2 unspecified atom stereocenters. The van der Waals surface area contributed by atoms with Crippen molar-refractivity contribution in [1.82, 2.24) is 5.32 Å². The molecular weight excluding hydrogens is 260 g/mol. The van der Waals surface area contributed by atoms with Crippen LogP contribution in [0.5, 0.6) is 5.75 Å². The fraction of sp³-hybridized carbons (Fsp3) is 0.571. The van der Waals surface area contributed by atoms with E-state index in [1.54, 1.807) is 26.0 Å². The minimum atomic E-state index is -0.811. The van der Waals surface area contributed by atoms with Crippen molar-refractivity contribution in [2.75, 3.05) is 0 Å². The Morgan fingerprint density at radius 1 is 1.40 bits per heavy atom. The van der Waals surface area contributed by atoms with E-state index in [4.69, 9.17) is 4.74 Å². The number of hydrogen-bond donors (Lipinski definition) is 2. The number of aliphatic hydroxyl groups excluding tert-OH is 1. The van der Waals surface area contributed by atoms with Gasteiger partial charge in [0, 0.05) is 11.1 Å². The number of hydrogen-bond acceptors (Lipinski definition) is 5.